The maximum Gasteiger partial charge on any atom is 0.0547 e. The maximum atomic E-state index is 2.55. The first kappa shape index (κ1) is 35.1. The number of hydrogen-bond acceptors (Lipinski definition) is 1. The van der Waals surface area contributed by atoms with Gasteiger partial charge >= 0.3 is 0 Å². The molecule has 1 aliphatic rings. The van der Waals surface area contributed by atoms with Gasteiger partial charge < -0.3 is 4.57 Å². The van der Waals surface area contributed by atoms with Gasteiger partial charge in [0.25, 0.3) is 0 Å². The topological polar surface area (TPSA) is 4.93 Å². The number of para-hydroxylation sites is 1. The van der Waals surface area contributed by atoms with E-state index in [0.29, 0.717) is 0 Å². The molecule has 2 heterocycles. The Bertz CT molecular complexity index is 4050. The van der Waals surface area contributed by atoms with Crippen molar-refractivity contribution in [2.45, 2.75) is 19.3 Å². The van der Waals surface area contributed by atoms with Crippen molar-refractivity contribution in [2.75, 3.05) is 0 Å². The first-order chi connectivity index (χ1) is 31.0. The summed E-state index contributed by atoms with van der Waals surface area (Å²) in [5, 5.41) is 13.1. The Kier molecular flexibility index (Phi) is 7.12. The summed E-state index contributed by atoms with van der Waals surface area (Å²) in [6.07, 6.45) is 0. The van der Waals surface area contributed by atoms with E-state index in [2.05, 4.69) is 219 Å². The van der Waals surface area contributed by atoms with Crippen LogP contribution < -0.4 is 0 Å². The Morgan fingerprint density at radius 2 is 1.06 bits per heavy atom. The number of benzene rings is 11. The molecule has 2 aromatic heterocycles. The van der Waals surface area contributed by atoms with Crippen molar-refractivity contribution in [1.29, 1.82) is 0 Å². The smallest absolute Gasteiger partial charge is 0.0547 e. The van der Waals surface area contributed by atoms with Crippen molar-refractivity contribution in [1.82, 2.24) is 4.57 Å². The fourth-order valence-corrected chi connectivity index (χ4v) is 12.6. The summed E-state index contributed by atoms with van der Waals surface area (Å²) in [6.45, 7) is 4.80. The molecule has 11 aromatic carbocycles. The second kappa shape index (κ2) is 12.8. The van der Waals surface area contributed by atoms with Gasteiger partial charge in [0.15, 0.2) is 0 Å². The highest BCUT2D eigenvalue weighted by Gasteiger charge is 2.37. The van der Waals surface area contributed by atoms with Gasteiger partial charge in [0.1, 0.15) is 0 Å². The molecular formula is C61H39NS. The van der Waals surface area contributed by atoms with Gasteiger partial charge in [0, 0.05) is 47.1 Å². The van der Waals surface area contributed by atoms with Crippen molar-refractivity contribution >= 4 is 85.6 Å². The predicted octanol–water partition coefficient (Wildman–Crippen LogP) is 17.4. The highest BCUT2D eigenvalue weighted by atomic mass is 32.1. The average Bonchev–Trinajstić information content (AvgIpc) is 3.95. The molecule has 1 aliphatic carbocycles. The van der Waals surface area contributed by atoms with Crippen LogP contribution in [-0.2, 0) is 5.41 Å². The van der Waals surface area contributed by atoms with Crippen molar-refractivity contribution in [3.63, 3.8) is 0 Å². The summed E-state index contributed by atoms with van der Waals surface area (Å²) in [4.78, 5) is 0. The molecule has 0 saturated heterocycles. The highest BCUT2D eigenvalue weighted by molar-refractivity contribution is 7.26. The zero-order chi connectivity index (χ0) is 41.6. The van der Waals surface area contributed by atoms with E-state index in [1.54, 1.807) is 0 Å². The Hall–Kier alpha value is -7.52. The van der Waals surface area contributed by atoms with Crippen LogP contribution in [0.5, 0.6) is 0 Å². The molecule has 13 aromatic rings. The summed E-state index contributed by atoms with van der Waals surface area (Å²) in [7, 11) is 0. The van der Waals surface area contributed by atoms with Crippen LogP contribution in [0.3, 0.4) is 0 Å². The van der Waals surface area contributed by atoms with Crippen molar-refractivity contribution in [3.8, 4) is 50.2 Å². The third-order valence-corrected chi connectivity index (χ3v) is 15.5. The third kappa shape index (κ3) is 4.87. The van der Waals surface area contributed by atoms with Crippen LogP contribution in [0.2, 0.25) is 0 Å². The Morgan fingerprint density at radius 1 is 0.381 bits per heavy atom. The highest BCUT2D eigenvalue weighted by Crippen LogP contribution is 2.55. The van der Waals surface area contributed by atoms with Crippen LogP contribution in [0, 0.1) is 0 Å². The monoisotopic (exact) mass is 817 g/mol. The van der Waals surface area contributed by atoms with Crippen LogP contribution in [-0.4, -0.2) is 4.57 Å². The lowest BCUT2D eigenvalue weighted by Gasteiger charge is -2.24. The van der Waals surface area contributed by atoms with Gasteiger partial charge in [-0.3, -0.25) is 0 Å². The molecule has 0 N–H and O–H groups in total. The molecular weight excluding hydrogens is 779 g/mol. The lowest BCUT2D eigenvalue weighted by atomic mass is 9.80. The molecule has 1 nitrogen and oxygen atoms in total. The molecule has 0 aliphatic heterocycles. The van der Waals surface area contributed by atoms with E-state index < -0.39 is 0 Å². The van der Waals surface area contributed by atoms with Crippen LogP contribution in [0.1, 0.15) is 25.0 Å². The van der Waals surface area contributed by atoms with E-state index in [1.807, 2.05) is 11.3 Å². The van der Waals surface area contributed by atoms with Crippen LogP contribution >= 0.6 is 11.3 Å². The number of thiophene rings is 1. The lowest BCUT2D eigenvalue weighted by Crippen LogP contribution is -2.15. The van der Waals surface area contributed by atoms with Crippen molar-refractivity contribution < 1.29 is 0 Å². The Balaban J connectivity index is 0.958. The summed E-state index contributed by atoms with van der Waals surface area (Å²) in [5.41, 5.74) is 16.6. The first-order valence-corrected chi connectivity index (χ1v) is 22.8. The number of aromatic nitrogens is 1. The van der Waals surface area contributed by atoms with Crippen molar-refractivity contribution in [2.24, 2.45) is 0 Å². The molecule has 0 fully saturated rings. The minimum Gasteiger partial charge on any atom is -0.309 e. The minimum absolute atomic E-state index is 0.118. The molecule has 0 spiro atoms. The van der Waals surface area contributed by atoms with Gasteiger partial charge in [-0.05, 0) is 126 Å². The summed E-state index contributed by atoms with van der Waals surface area (Å²) >= 11 is 1.90. The van der Waals surface area contributed by atoms with Crippen LogP contribution in [0.15, 0.2) is 200 Å². The minimum atomic E-state index is -0.118. The molecule has 14 rings (SSSR count). The fraction of sp³-hybridized carbons (Fsp3) is 0.0492. The van der Waals surface area contributed by atoms with Gasteiger partial charge in [0.2, 0.25) is 0 Å². The zero-order valence-electron chi connectivity index (χ0n) is 34.9. The second-order valence-electron chi connectivity index (χ2n) is 18.0. The van der Waals surface area contributed by atoms with E-state index >= 15 is 0 Å². The molecule has 0 amide bonds. The zero-order valence-corrected chi connectivity index (χ0v) is 35.7. The van der Waals surface area contributed by atoms with E-state index in [9.17, 15) is 0 Å². The normalized spacial score (nSPS) is 13.4. The molecule has 0 saturated carbocycles. The molecule has 0 unspecified atom stereocenters. The molecule has 0 radical (unpaired) electrons. The Morgan fingerprint density at radius 3 is 1.98 bits per heavy atom. The van der Waals surface area contributed by atoms with Crippen molar-refractivity contribution in [3.05, 3.63) is 211 Å². The lowest BCUT2D eigenvalue weighted by molar-refractivity contribution is 0.661. The predicted molar refractivity (Wildman–Crippen MR) is 271 cm³/mol. The maximum absolute atomic E-state index is 2.55. The summed E-state index contributed by atoms with van der Waals surface area (Å²) in [5.74, 6) is 0. The van der Waals surface area contributed by atoms with E-state index in [0.717, 1.165) is 0 Å². The van der Waals surface area contributed by atoms with Crippen LogP contribution in [0.4, 0.5) is 0 Å². The molecule has 63 heavy (non-hydrogen) atoms. The third-order valence-electron chi connectivity index (χ3n) is 14.3. The molecule has 294 valence electrons. The van der Waals surface area contributed by atoms with Gasteiger partial charge in [-0.15, -0.1) is 11.3 Å². The summed E-state index contributed by atoms with van der Waals surface area (Å²) < 4.78 is 5.19. The standard InChI is InChI=1S/C61H39NS/c1-61(2)51-23-8-6-20-46(51)58-47-28-25-37-15-10-18-42-34-55(50(35-52(58)61)59(47)57(37)42)62-53-24-9-7-19-44(53)48-32-39(26-29-54(48)62)40-27-30-56-49(33-40)45-22-12-21-43(60(45)63-56)41-17-11-16-38(31-41)36-13-4-3-5-14-36/h3-35H,1-2H3. The first-order valence-electron chi connectivity index (χ1n) is 22.0. The fourth-order valence-electron chi connectivity index (χ4n) is 11.4. The SMILES string of the molecule is CC1(C)c2ccccc2-c2c1cc1c(-n3c4ccccc4c4cc(-c5ccc6sc7c(-c8cccc(-c9ccccc9)c8)cccc7c6c5)ccc43)cc3cccc4ccc2c1c43. The van der Waals surface area contributed by atoms with Gasteiger partial charge in [-0.2, -0.15) is 0 Å². The number of rotatable bonds is 4. The van der Waals surface area contributed by atoms with Crippen LogP contribution in [0.25, 0.3) is 124 Å². The number of fused-ring (bicyclic) bond motifs is 10. The molecule has 0 bridgehead atoms. The Labute approximate surface area is 369 Å². The average molecular weight is 818 g/mol. The molecule has 2 heteroatoms. The quantitative estimate of drug-likeness (QED) is 0.156. The van der Waals surface area contributed by atoms with E-state index in [1.165, 1.54) is 136 Å². The molecule has 0 atom stereocenters. The van der Waals surface area contributed by atoms with E-state index in [4.69, 9.17) is 0 Å². The van der Waals surface area contributed by atoms with E-state index in [-0.39, 0.29) is 5.41 Å². The number of nitrogens with zero attached hydrogens (tertiary/aromatic N) is 1. The number of hydrogen-bond donors (Lipinski definition) is 0. The van der Waals surface area contributed by atoms with Gasteiger partial charge in [-0.25, -0.2) is 0 Å². The largest absolute Gasteiger partial charge is 0.309 e. The van der Waals surface area contributed by atoms with Gasteiger partial charge in [0.05, 0.1) is 16.7 Å². The summed E-state index contributed by atoms with van der Waals surface area (Å²) in [6, 6.07) is 75.2. The second-order valence-corrected chi connectivity index (χ2v) is 19.1. The van der Waals surface area contributed by atoms with Gasteiger partial charge in [-0.1, -0.05) is 166 Å².